The Hall–Kier alpha value is -1.47. The van der Waals surface area contributed by atoms with Crippen LogP contribution < -0.4 is 10.1 Å². The van der Waals surface area contributed by atoms with Gasteiger partial charge in [0.1, 0.15) is 11.8 Å². The van der Waals surface area contributed by atoms with Gasteiger partial charge in [-0.15, -0.1) is 0 Å². The summed E-state index contributed by atoms with van der Waals surface area (Å²) in [6.45, 7) is 3.77. The Balaban J connectivity index is 2.20. The van der Waals surface area contributed by atoms with Crippen LogP contribution in [0.2, 0.25) is 15.1 Å². The van der Waals surface area contributed by atoms with Gasteiger partial charge in [0.15, 0.2) is 6.61 Å². The number of ether oxygens (including phenoxy) is 1. The molecule has 0 heterocycles. The molecule has 1 N–H and O–H groups in total. The smallest absolute Gasteiger partial charge is 0.261 e. The molecule has 0 aromatic heterocycles. The van der Waals surface area contributed by atoms with Crippen LogP contribution in [-0.4, -0.2) is 35.9 Å². The summed E-state index contributed by atoms with van der Waals surface area (Å²) in [5, 5.41) is 4.00. The van der Waals surface area contributed by atoms with Crippen molar-refractivity contribution in [3.63, 3.8) is 0 Å². The van der Waals surface area contributed by atoms with Gasteiger partial charge in [-0.05, 0) is 49.7 Å². The quantitative estimate of drug-likeness (QED) is 0.509. The minimum atomic E-state index is -0.724. The lowest BCUT2D eigenvalue weighted by molar-refractivity contribution is -0.142. The van der Waals surface area contributed by atoms with Gasteiger partial charge in [-0.1, -0.05) is 56.8 Å². The molecule has 0 saturated carbocycles. The number of nitrogens with zero attached hydrogens (tertiary/aromatic N) is 1. The van der Waals surface area contributed by atoms with Gasteiger partial charge in [0, 0.05) is 27.6 Å². The van der Waals surface area contributed by atoms with E-state index in [-0.39, 0.29) is 25.0 Å². The average molecular weight is 523 g/mol. The van der Waals surface area contributed by atoms with Crippen LogP contribution in [0.4, 0.5) is 0 Å². The number of carbonyl (C=O) groups excluding carboxylic acids is 2. The Morgan fingerprint density at radius 3 is 2.48 bits per heavy atom. The zero-order valence-electron chi connectivity index (χ0n) is 15.8. The third-order valence-electron chi connectivity index (χ3n) is 4.12. The van der Waals surface area contributed by atoms with Crippen LogP contribution in [0.1, 0.15) is 19.4 Å². The Morgan fingerprint density at radius 1 is 1.14 bits per heavy atom. The molecule has 2 aromatic rings. The predicted octanol–water partition coefficient (Wildman–Crippen LogP) is 5.34. The zero-order valence-corrected chi connectivity index (χ0v) is 19.7. The minimum absolute atomic E-state index is 0.130. The van der Waals surface area contributed by atoms with E-state index in [0.29, 0.717) is 32.9 Å². The first kappa shape index (κ1) is 23.8. The Morgan fingerprint density at radius 2 is 1.86 bits per heavy atom. The molecule has 1 unspecified atom stereocenters. The zero-order chi connectivity index (χ0) is 21.6. The van der Waals surface area contributed by atoms with Crippen LogP contribution in [0, 0.1) is 0 Å². The molecule has 2 rings (SSSR count). The molecule has 0 aliphatic rings. The van der Waals surface area contributed by atoms with Crippen molar-refractivity contribution in [1.29, 1.82) is 0 Å². The van der Waals surface area contributed by atoms with E-state index in [1.807, 2.05) is 6.92 Å². The fraction of sp³-hybridized carbons (Fsp3) is 0.300. The molecule has 0 aliphatic heterocycles. The van der Waals surface area contributed by atoms with Crippen LogP contribution >= 0.6 is 50.7 Å². The third-order valence-corrected chi connectivity index (χ3v) is 5.49. The highest BCUT2D eigenvalue weighted by Gasteiger charge is 2.27. The summed E-state index contributed by atoms with van der Waals surface area (Å²) in [6.07, 6.45) is 0. The van der Waals surface area contributed by atoms with Crippen LogP contribution in [0.25, 0.3) is 0 Å². The van der Waals surface area contributed by atoms with E-state index in [2.05, 4.69) is 21.2 Å². The summed E-state index contributed by atoms with van der Waals surface area (Å²) in [4.78, 5) is 26.7. The van der Waals surface area contributed by atoms with E-state index in [1.54, 1.807) is 43.3 Å². The summed E-state index contributed by atoms with van der Waals surface area (Å²) in [5.74, 6) is -0.278. The van der Waals surface area contributed by atoms with Crippen molar-refractivity contribution in [1.82, 2.24) is 10.2 Å². The summed E-state index contributed by atoms with van der Waals surface area (Å²) in [5.41, 5.74) is 0.669. The lowest BCUT2D eigenvalue weighted by Crippen LogP contribution is -2.49. The molecule has 5 nitrogen and oxygen atoms in total. The van der Waals surface area contributed by atoms with Crippen molar-refractivity contribution in [2.45, 2.75) is 26.4 Å². The number of likely N-dealkylation sites (N-methyl/N-ethyl adjacent to an activating group) is 1. The highest BCUT2D eigenvalue weighted by Crippen LogP contribution is 2.28. The monoisotopic (exact) mass is 520 g/mol. The number of hydrogen-bond donors (Lipinski definition) is 1. The normalized spacial score (nSPS) is 11.7. The summed E-state index contributed by atoms with van der Waals surface area (Å²) < 4.78 is 6.38. The van der Waals surface area contributed by atoms with Crippen LogP contribution in [0.5, 0.6) is 5.75 Å². The van der Waals surface area contributed by atoms with Gasteiger partial charge in [-0.3, -0.25) is 9.59 Å². The first-order valence-electron chi connectivity index (χ1n) is 8.81. The number of hydrogen-bond acceptors (Lipinski definition) is 3. The first-order valence-corrected chi connectivity index (χ1v) is 10.7. The summed E-state index contributed by atoms with van der Waals surface area (Å²) in [7, 11) is 0. The van der Waals surface area contributed by atoms with Gasteiger partial charge >= 0.3 is 0 Å². The molecule has 0 spiro atoms. The van der Waals surface area contributed by atoms with E-state index in [9.17, 15) is 9.59 Å². The topological polar surface area (TPSA) is 58.6 Å². The standard InChI is InChI=1S/C20H20BrCl3N2O3/c1-3-25-20(28)12(2)26(10-13-4-6-15(22)9-16(13)23)19(27)11-29-18-7-5-14(21)8-17(18)24/h4-9,12H,3,10-11H2,1-2H3,(H,25,28). The molecule has 0 bridgehead atoms. The lowest BCUT2D eigenvalue weighted by atomic mass is 10.1. The molecule has 1 atom stereocenters. The molecule has 0 saturated heterocycles. The van der Waals surface area contributed by atoms with Crippen molar-refractivity contribution in [2.75, 3.05) is 13.2 Å². The molecular formula is C20H20BrCl3N2O3. The van der Waals surface area contributed by atoms with Crippen LogP contribution in [0.3, 0.4) is 0 Å². The number of amides is 2. The van der Waals surface area contributed by atoms with Gasteiger partial charge in [0.25, 0.3) is 5.91 Å². The molecule has 29 heavy (non-hydrogen) atoms. The highest BCUT2D eigenvalue weighted by molar-refractivity contribution is 9.10. The first-order chi connectivity index (χ1) is 13.7. The second-order valence-electron chi connectivity index (χ2n) is 6.19. The third kappa shape index (κ3) is 6.78. The van der Waals surface area contributed by atoms with Crippen LogP contribution in [-0.2, 0) is 16.1 Å². The number of nitrogens with one attached hydrogen (secondary N) is 1. The SMILES string of the molecule is CCNC(=O)C(C)N(Cc1ccc(Cl)cc1Cl)C(=O)COc1ccc(Br)cc1Cl. The van der Waals surface area contributed by atoms with Crippen molar-refractivity contribution in [2.24, 2.45) is 0 Å². The van der Waals surface area contributed by atoms with Gasteiger partial charge in [-0.25, -0.2) is 0 Å². The van der Waals surface area contributed by atoms with E-state index in [0.717, 1.165) is 4.47 Å². The van der Waals surface area contributed by atoms with E-state index in [4.69, 9.17) is 39.5 Å². The Kier molecular flexibility index (Phi) is 9.08. The Bertz CT molecular complexity index is 895. The molecule has 0 fully saturated rings. The number of halogens is 4. The second-order valence-corrected chi connectivity index (χ2v) is 8.36. The molecule has 9 heteroatoms. The Labute approximate surface area is 193 Å². The van der Waals surface area contributed by atoms with Gasteiger partial charge < -0.3 is 15.0 Å². The predicted molar refractivity (Wildman–Crippen MR) is 120 cm³/mol. The number of rotatable bonds is 8. The number of carbonyl (C=O) groups is 2. The van der Waals surface area contributed by atoms with Crippen molar-refractivity contribution >= 4 is 62.5 Å². The van der Waals surface area contributed by atoms with Crippen LogP contribution in [0.15, 0.2) is 40.9 Å². The maximum atomic E-state index is 12.9. The highest BCUT2D eigenvalue weighted by atomic mass is 79.9. The van der Waals surface area contributed by atoms with Gasteiger partial charge in [-0.2, -0.15) is 0 Å². The second kappa shape index (κ2) is 11.1. The van der Waals surface area contributed by atoms with Crippen molar-refractivity contribution < 1.29 is 14.3 Å². The van der Waals surface area contributed by atoms with E-state index >= 15 is 0 Å². The fourth-order valence-electron chi connectivity index (χ4n) is 2.55. The minimum Gasteiger partial charge on any atom is -0.482 e. The molecule has 2 amide bonds. The van der Waals surface area contributed by atoms with E-state index < -0.39 is 6.04 Å². The van der Waals surface area contributed by atoms with Gasteiger partial charge in [0.05, 0.1) is 5.02 Å². The van der Waals surface area contributed by atoms with E-state index in [1.165, 1.54) is 4.90 Å². The molecule has 156 valence electrons. The van der Waals surface area contributed by atoms with Gasteiger partial charge in [0.2, 0.25) is 5.91 Å². The molecular weight excluding hydrogens is 502 g/mol. The fourth-order valence-corrected chi connectivity index (χ4v) is 3.75. The largest absolute Gasteiger partial charge is 0.482 e. The van der Waals surface area contributed by atoms with Crippen molar-refractivity contribution in [3.05, 3.63) is 61.5 Å². The summed E-state index contributed by atoms with van der Waals surface area (Å²) >= 11 is 21.7. The molecule has 0 aliphatic carbocycles. The molecule has 2 aromatic carbocycles. The number of benzene rings is 2. The van der Waals surface area contributed by atoms with Crippen molar-refractivity contribution in [3.8, 4) is 5.75 Å². The summed E-state index contributed by atoms with van der Waals surface area (Å²) in [6, 6.07) is 9.36. The molecule has 0 radical (unpaired) electrons. The maximum Gasteiger partial charge on any atom is 0.261 e. The lowest BCUT2D eigenvalue weighted by Gasteiger charge is -2.29. The maximum absolute atomic E-state index is 12.9. The average Bonchev–Trinajstić information content (AvgIpc) is 2.66.